The smallest absolute Gasteiger partial charge is 0.251 e. The van der Waals surface area contributed by atoms with E-state index in [4.69, 9.17) is 5.73 Å². The summed E-state index contributed by atoms with van der Waals surface area (Å²) >= 11 is 0. The van der Waals surface area contributed by atoms with E-state index in [0.717, 1.165) is 17.5 Å². The van der Waals surface area contributed by atoms with Gasteiger partial charge in [0.15, 0.2) is 0 Å². The highest BCUT2D eigenvalue weighted by molar-refractivity contribution is 5.26. The van der Waals surface area contributed by atoms with Gasteiger partial charge in [0.1, 0.15) is 0 Å². The number of likely N-dealkylation sites (N-methyl/N-ethyl adjacent to an activating group) is 1. The molecule has 0 aliphatic carbocycles. The summed E-state index contributed by atoms with van der Waals surface area (Å²) in [5.74, 6) is 0. The molecular formula is C14H22F2N2. The molecule has 2 nitrogen and oxygen atoms in total. The predicted molar refractivity (Wildman–Crippen MR) is 70.8 cm³/mol. The molecule has 0 bridgehead atoms. The van der Waals surface area contributed by atoms with Gasteiger partial charge in [0, 0.05) is 12.1 Å². The Kier molecular flexibility index (Phi) is 5.69. The van der Waals surface area contributed by atoms with Crippen molar-refractivity contribution < 1.29 is 8.78 Å². The maximum Gasteiger partial charge on any atom is 0.251 e. The molecule has 0 amide bonds. The van der Waals surface area contributed by atoms with Gasteiger partial charge in [-0.3, -0.25) is 4.90 Å². The van der Waals surface area contributed by atoms with Crippen molar-refractivity contribution in [3.8, 4) is 0 Å². The minimum absolute atomic E-state index is 0.143. The van der Waals surface area contributed by atoms with Crippen LogP contribution in [-0.4, -0.2) is 31.0 Å². The van der Waals surface area contributed by atoms with Crippen molar-refractivity contribution in [2.45, 2.75) is 38.8 Å². The average Bonchev–Trinajstić information content (AvgIpc) is 2.28. The molecule has 0 aliphatic heterocycles. The highest BCUT2D eigenvalue weighted by atomic mass is 19.3. The fraction of sp³-hybridized carbons (Fsp3) is 0.571. The topological polar surface area (TPSA) is 29.3 Å². The highest BCUT2D eigenvalue weighted by Crippen LogP contribution is 2.25. The molecule has 0 radical (unpaired) electrons. The van der Waals surface area contributed by atoms with Crippen molar-refractivity contribution in [3.05, 3.63) is 35.4 Å². The first-order valence-corrected chi connectivity index (χ1v) is 6.26. The van der Waals surface area contributed by atoms with Gasteiger partial charge in [-0.25, -0.2) is 8.78 Å². The lowest BCUT2D eigenvalue weighted by Gasteiger charge is -2.32. The molecule has 102 valence electrons. The Labute approximate surface area is 108 Å². The van der Waals surface area contributed by atoms with Crippen LogP contribution >= 0.6 is 0 Å². The second kappa shape index (κ2) is 6.81. The van der Waals surface area contributed by atoms with Gasteiger partial charge in [-0.15, -0.1) is 0 Å². The Balaban J connectivity index is 2.97. The first-order chi connectivity index (χ1) is 8.45. The van der Waals surface area contributed by atoms with E-state index in [1.54, 1.807) is 11.9 Å². The zero-order valence-corrected chi connectivity index (χ0v) is 11.2. The van der Waals surface area contributed by atoms with E-state index in [1.165, 1.54) is 0 Å². The molecule has 0 spiro atoms. The Hall–Kier alpha value is -1.00. The molecule has 0 aliphatic rings. The van der Waals surface area contributed by atoms with E-state index in [1.807, 2.05) is 38.1 Å². The number of benzene rings is 1. The molecule has 0 heterocycles. The largest absolute Gasteiger partial charge is 0.326 e. The molecule has 0 aromatic heterocycles. The van der Waals surface area contributed by atoms with Crippen molar-refractivity contribution in [3.63, 3.8) is 0 Å². The molecule has 1 aromatic rings. The Bertz CT molecular complexity index is 369. The minimum atomic E-state index is -2.34. The van der Waals surface area contributed by atoms with Crippen LogP contribution in [0.15, 0.2) is 24.3 Å². The number of hydrogen-bond acceptors (Lipinski definition) is 2. The van der Waals surface area contributed by atoms with Gasteiger partial charge in [0.25, 0.3) is 6.43 Å². The van der Waals surface area contributed by atoms with Crippen LogP contribution in [0.3, 0.4) is 0 Å². The zero-order chi connectivity index (χ0) is 13.7. The van der Waals surface area contributed by atoms with E-state index in [2.05, 4.69) is 0 Å². The van der Waals surface area contributed by atoms with Crippen LogP contribution in [0.5, 0.6) is 0 Å². The first kappa shape index (κ1) is 15.1. The van der Waals surface area contributed by atoms with Gasteiger partial charge < -0.3 is 5.73 Å². The quantitative estimate of drug-likeness (QED) is 0.848. The summed E-state index contributed by atoms with van der Waals surface area (Å²) in [5, 5.41) is 0. The normalized spacial score (nSPS) is 15.1. The zero-order valence-electron chi connectivity index (χ0n) is 11.2. The van der Waals surface area contributed by atoms with E-state index in [9.17, 15) is 8.78 Å². The van der Waals surface area contributed by atoms with Crippen molar-refractivity contribution in [2.24, 2.45) is 5.73 Å². The van der Waals surface area contributed by atoms with Crippen LogP contribution in [0.25, 0.3) is 0 Å². The second-order valence-corrected chi connectivity index (χ2v) is 4.76. The summed E-state index contributed by atoms with van der Waals surface area (Å²) in [5.41, 5.74) is 8.21. The summed E-state index contributed by atoms with van der Waals surface area (Å²) in [6.45, 7) is 3.71. The summed E-state index contributed by atoms with van der Waals surface area (Å²) in [6, 6.07) is 7.60. The molecule has 0 saturated carbocycles. The SMILES string of the molecule is CCC(N)C(c1cccc(C)c1)N(C)CC(F)F. The Morgan fingerprint density at radius 2 is 2.00 bits per heavy atom. The van der Waals surface area contributed by atoms with Gasteiger partial charge in [0.2, 0.25) is 0 Å². The highest BCUT2D eigenvalue weighted by Gasteiger charge is 2.25. The number of aryl methyl sites for hydroxylation is 1. The van der Waals surface area contributed by atoms with Crippen LogP contribution in [0.2, 0.25) is 0 Å². The molecular weight excluding hydrogens is 234 g/mol. The third-order valence-corrected chi connectivity index (χ3v) is 3.16. The van der Waals surface area contributed by atoms with Gasteiger partial charge in [-0.05, 0) is 26.0 Å². The molecule has 4 heteroatoms. The fourth-order valence-electron chi connectivity index (χ4n) is 2.24. The fourth-order valence-corrected chi connectivity index (χ4v) is 2.24. The van der Waals surface area contributed by atoms with Crippen LogP contribution < -0.4 is 5.73 Å². The molecule has 1 rings (SSSR count). The standard InChI is InChI=1S/C14H22F2N2/c1-4-12(17)14(18(3)9-13(15)16)11-7-5-6-10(2)8-11/h5-8,12-14H,4,9,17H2,1-3H3. The number of alkyl halides is 2. The molecule has 1 aromatic carbocycles. The minimum Gasteiger partial charge on any atom is -0.326 e. The van der Waals surface area contributed by atoms with E-state index < -0.39 is 6.43 Å². The third kappa shape index (κ3) is 4.03. The first-order valence-electron chi connectivity index (χ1n) is 6.26. The monoisotopic (exact) mass is 256 g/mol. The van der Waals surface area contributed by atoms with E-state index in [0.29, 0.717) is 0 Å². The van der Waals surface area contributed by atoms with E-state index in [-0.39, 0.29) is 18.6 Å². The third-order valence-electron chi connectivity index (χ3n) is 3.16. The molecule has 2 atom stereocenters. The maximum absolute atomic E-state index is 12.5. The van der Waals surface area contributed by atoms with Crippen LogP contribution in [0, 0.1) is 6.92 Å². The summed E-state index contributed by atoms with van der Waals surface area (Å²) in [7, 11) is 1.70. The van der Waals surface area contributed by atoms with E-state index >= 15 is 0 Å². The molecule has 2 unspecified atom stereocenters. The van der Waals surface area contributed by atoms with Gasteiger partial charge >= 0.3 is 0 Å². The van der Waals surface area contributed by atoms with Crippen LogP contribution in [-0.2, 0) is 0 Å². The number of halogens is 2. The second-order valence-electron chi connectivity index (χ2n) is 4.76. The lowest BCUT2D eigenvalue weighted by molar-refractivity contribution is 0.0735. The van der Waals surface area contributed by atoms with Crippen molar-refractivity contribution in [1.82, 2.24) is 4.90 Å². The van der Waals surface area contributed by atoms with Gasteiger partial charge in [-0.1, -0.05) is 36.8 Å². The van der Waals surface area contributed by atoms with Gasteiger partial charge in [-0.2, -0.15) is 0 Å². The predicted octanol–water partition coefficient (Wildman–Crippen LogP) is 2.97. The Morgan fingerprint density at radius 1 is 1.33 bits per heavy atom. The molecule has 0 fully saturated rings. The molecule has 0 saturated heterocycles. The maximum atomic E-state index is 12.5. The molecule has 18 heavy (non-hydrogen) atoms. The van der Waals surface area contributed by atoms with Crippen molar-refractivity contribution >= 4 is 0 Å². The summed E-state index contributed by atoms with van der Waals surface area (Å²) in [6.07, 6.45) is -1.59. The summed E-state index contributed by atoms with van der Waals surface area (Å²) in [4.78, 5) is 1.65. The average molecular weight is 256 g/mol. The summed E-state index contributed by atoms with van der Waals surface area (Å²) < 4.78 is 25.1. The number of nitrogens with zero attached hydrogens (tertiary/aromatic N) is 1. The number of nitrogens with two attached hydrogens (primary N) is 1. The lowest BCUT2D eigenvalue weighted by Crippen LogP contribution is -2.40. The van der Waals surface area contributed by atoms with Crippen LogP contribution in [0.4, 0.5) is 8.78 Å². The van der Waals surface area contributed by atoms with Gasteiger partial charge in [0.05, 0.1) is 6.54 Å². The molecule has 2 N–H and O–H groups in total. The van der Waals surface area contributed by atoms with Crippen molar-refractivity contribution in [2.75, 3.05) is 13.6 Å². The number of rotatable bonds is 6. The Morgan fingerprint density at radius 3 is 2.50 bits per heavy atom. The van der Waals surface area contributed by atoms with Crippen LogP contribution in [0.1, 0.15) is 30.5 Å². The number of hydrogen-bond donors (Lipinski definition) is 1. The lowest BCUT2D eigenvalue weighted by atomic mass is 9.95. The van der Waals surface area contributed by atoms with Crippen molar-refractivity contribution in [1.29, 1.82) is 0 Å².